The Morgan fingerprint density at radius 1 is 1.41 bits per heavy atom. The summed E-state index contributed by atoms with van der Waals surface area (Å²) in [6.45, 7) is 8.27. The van der Waals surface area contributed by atoms with Gasteiger partial charge in [0.15, 0.2) is 11.7 Å². The highest BCUT2D eigenvalue weighted by Gasteiger charge is 2.07. The van der Waals surface area contributed by atoms with Crippen molar-refractivity contribution in [1.82, 2.24) is 15.8 Å². The van der Waals surface area contributed by atoms with Crippen molar-refractivity contribution in [1.29, 1.82) is 0 Å². The number of hydrogen-bond acceptors (Lipinski definition) is 4. The highest BCUT2D eigenvalue weighted by atomic mass is 79.9. The van der Waals surface area contributed by atoms with Gasteiger partial charge in [0, 0.05) is 27.3 Å². The van der Waals surface area contributed by atoms with E-state index in [0.29, 0.717) is 12.5 Å². The molecular formula is C15H21BrN4OS. The normalized spacial score (nSPS) is 12.0. The van der Waals surface area contributed by atoms with E-state index in [-0.39, 0.29) is 0 Å². The predicted octanol–water partition coefficient (Wildman–Crippen LogP) is 3.88. The van der Waals surface area contributed by atoms with Crippen LogP contribution in [0.15, 0.2) is 31.5 Å². The Morgan fingerprint density at radius 2 is 2.23 bits per heavy atom. The summed E-state index contributed by atoms with van der Waals surface area (Å²) in [6.07, 6.45) is 0. The molecule has 0 saturated heterocycles. The molecule has 0 fully saturated rings. The van der Waals surface area contributed by atoms with Crippen molar-refractivity contribution in [2.75, 3.05) is 6.54 Å². The second kappa shape index (κ2) is 8.33. The third kappa shape index (κ3) is 5.14. The maximum atomic E-state index is 5.30. The zero-order chi connectivity index (χ0) is 15.9. The maximum absolute atomic E-state index is 5.30. The van der Waals surface area contributed by atoms with Crippen LogP contribution >= 0.6 is 27.3 Å². The Bertz CT molecular complexity index is 621. The van der Waals surface area contributed by atoms with Crippen molar-refractivity contribution < 1.29 is 4.52 Å². The summed E-state index contributed by atoms with van der Waals surface area (Å²) in [5.74, 6) is 1.92. The minimum atomic E-state index is 0.366. The quantitative estimate of drug-likeness (QED) is 0.585. The second-order valence-corrected chi connectivity index (χ2v) is 7.06. The topological polar surface area (TPSA) is 62.5 Å². The van der Waals surface area contributed by atoms with Gasteiger partial charge in [0.25, 0.3) is 0 Å². The Hall–Kier alpha value is -1.34. The van der Waals surface area contributed by atoms with Gasteiger partial charge in [-0.1, -0.05) is 19.0 Å². The lowest BCUT2D eigenvalue weighted by Crippen LogP contribution is -2.36. The Balaban J connectivity index is 1.93. The predicted molar refractivity (Wildman–Crippen MR) is 94.3 cm³/mol. The molecule has 2 aromatic rings. The third-order valence-electron chi connectivity index (χ3n) is 2.96. The van der Waals surface area contributed by atoms with Crippen LogP contribution in [0.1, 0.15) is 43.0 Å². The van der Waals surface area contributed by atoms with E-state index in [9.17, 15) is 0 Å². The van der Waals surface area contributed by atoms with Crippen LogP contribution in [0.25, 0.3) is 0 Å². The molecule has 0 saturated carbocycles. The van der Waals surface area contributed by atoms with Gasteiger partial charge in [-0.25, -0.2) is 4.99 Å². The molecule has 0 spiro atoms. The first-order chi connectivity index (χ1) is 10.6. The SMILES string of the molecule is CCNC(=NCc1cc(C(C)C)no1)NCc1cc(Br)cs1. The van der Waals surface area contributed by atoms with E-state index in [2.05, 4.69) is 62.0 Å². The molecule has 2 heterocycles. The fraction of sp³-hybridized carbons (Fsp3) is 0.467. The standard InChI is InChI=1S/C15H21BrN4OS/c1-4-17-15(19-8-13-5-11(16)9-22-13)18-7-12-6-14(10(2)3)20-21-12/h5-6,9-10H,4,7-8H2,1-3H3,(H2,17,18,19). The van der Waals surface area contributed by atoms with E-state index in [1.807, 2.05) is 13.0 Å². The lowest BCUT2D eigenvalue weighted by atomic mass is 10.1. The molecule has 2 N–H and O–H groups in total. The molecule has 0 aliphatic rings. The van der Waals surface area contributed by atoms with E-state index < -0.39 is 0 Å². The van der Waals surface area contributed by atoms with Crippen LogP contribution in [0.4, 0.5) is 0 Å². The summed E-state index contributed by atoms with van der Waals surface area (Å²) in [6, 6.07) is 4.07. The molecule has 0 aliphatic carbocycles. The molecule has 2 aromatic heterocycles. The van der Waals surface area contributed by atoms with Gasteiger partial charge in [-0.15, -0.1) is 11.3 Å². The number of nitrogens with zero attached hydrogens (tertiary/aromatic N) is 2. The average Bonchev–Trinajstić information content (AvgIpc) is 3.11. The fourth-order valence-corrected chi connectivity index (χ4v) is 3.18. The number of halogens is 1. The highest BCUT2D eigenvalue weighted by Crippen LogP contribution is 2.19. The largest absolute Gasteiger partial charge is 0.359 e. The van der Waals surface area contributed by atoms with Crippen molar-refractivity contribution in [3.8, 4) is 0 Å². The van der Waals surface area contributed by atoms with Crippen LogP contribution in [-0.4, -0.2) is 17.7 Å². The Morgan fingerprint density at radius 3 is 2.82 bits per heavy atom. The number of hydrogen-bond donors (Lipinski definition) is 2. The smallest absolute Gasteiger partial charge is 0.191 e. The molecule has 0 amide bonds. The summed E-state index contributed by atoms with van der Waals surface area (Å²) >= 11 is 5.17. The minimum Gasteiger partial charge on any atom is -0.359 e. The van der Waals surface area contributed by atoms with Crippen LogP contribution in [0.2, 0.25) is 0 Å². The molecule has 0 unspecified atom stereocenters. The van der Waals surface area contributed by atoms with E-state index in [1.165, 1.54) is 4.88 Å². The van der Waals surface area contributed by atoms with Crippen LogP contribution in [-0.2, 0) is 13.1 Å². The third-order valence-corrected chi connectivity index (χ3v) is 4.66. The van der Waals surface area contributed by atoms with Gasteiger partial charge in [-0.3, -0.25) is 0 Å². The number of nitrogens with one attached hydrogen (secondary N) is 2. The van der Waals surface area contributed by atoms with E-state index >= 15 is 0 Å². The van der Waals surface area contributed by atoms with Crippen LogP contribution in [0, 0.1) is 0 Å². The zero-order valence-electron chi connectivity index (χ0n) is 13.0. The summed E-state index contributed by atoms with van der Waals surface area (Å²) in [7, 11) is 0. The van der Waals surface area contributed by atoms with Crippen molar-refractivity contribution in [2.24, 2.45) is 4.99 Å². The summed E-state index contributed by atoms with van der Waals surface area (Å²) < 4.78 is 6.41. The summed E-state index contributed by atoms with van der Waals surface area (Å²) in [4.78, 5) is 5.78. The van der Waals surface area contributed by atoms with Crippen molar-refractivity contribution >= 4 is 33.2 Å². The van der Waals surface area contributed by atoms with Crippen molar-refractivity contribution in [3.05, 3.63) is 38.3 Å². The number of aliphatic imine (C=N–C) groups is 1. The van der Waals surface area contributed by atoms with Gasteiger partial charge in [0.2, 0.25) is 0 Å². The lowest BCUT2D eigenvalue weighted by molar-refractivity contribution is 0.376. The number of aromatic nitrogens is 1. The van der Waals surface area contributed by atoms with Gasteiger partial charge in [0.05, 0.1) is 12.2 Å². The van der Waals surface area contributed by atoms with Crippen LogP contribution in [0.5, 0.6) is 0 Å². The second-order valence-electron chi connectivity index (χ2n) is 5.15. The first-order valence-electron chi connectivity index (χ1n) is 7.29. The Kier molecular flexibility index (Phi) is 6.45. The minimum absolute atomic E-state index is 0.366. The summed E-state index contributed by atoms with van der Waals surface area (Å²) in [5.41, 5.74) is 0.964. The number of thiophene rings is 1. The van der Waals surface area contributed by atoms with Gasteiger partial charge in [-0.05, 0) is 34.8 Å². The van der Waals surface area contributed by atoms with Gasteiger partial charge in [0.1, 0.15) is 6.54 Å². The van der Waals surface area contributed by atoms with E-state index in [0.717, 1.165) is 35.0 Å². The summed E-state index contributed by atoms with van der Waals surface area (Å²) in [5, 5.41) is 12.7. The molecule has 22 heavy (non-hydrogen) atoms. The fourth-order valence-electron chi connectivity index (χ4n) is 1.79. The van der Waals surface area contributed by atoms with Gasteiger partial charge >= 0.3 is 0 Å². The lowest BCUT2D eigenvalue weighted by Gasteiger charge is -2.09. The van der Waals surface area contributed by atoms with Crippen LogP contribution in [0.3, 0.4) is 0 Å². The molecule has 0 bridgehead atoms. The highest BCUT2D eigenvalue weighted by molar-refractivity contribution is 9.10. The molecule has 0 radical (unpaired) electrons. The monoisotopic (exact) mass is 384 g/mol. The molecule has 2 rings (SSSR count). The zero-order valence-corrected chi connectivity index (χ0v) is 15.4. The molecule has 120 valence electrons. The van der Waals surface area contributed by atoms with Crippen LogP contribution < -0.4 is 10.6 Å². The first-order valence-corrected chi connectivity index (χ1v) is 8.96. The van der Waals surface area contributed by atoms with E-state index in [1.54, 1.807) is 11.3 Å². The van der Waals surface area contributed by atoms with Crippen molar-refractivity contribution in [2.45, 2.75) is 39.8 Å². The van der Waals surface area contributed by atoms with Gasteiger partial charge in [-0.2, -0.15) is 0 Å². The molecule has 5 nitrogen and oxygen atoms in total. The average molecular weight is 385 g/mol. The maximum Gasteiger partial charge on any atom is 0.191 e. The molecule has 0 atom stereocenters. The van der Waals surface area contributed by atoms with E-state index in [4.69, 9.17) is 4.52 Å². The van der Waals surface area contributed by atoms with Gasteiger partial charge < -0.3 is 15.2 Å². The molecule has 0 aliphatic heterocycles. The van der Waals surface area contributed by atoms with Crippen molar-refractivity contribution in [3.63, 3.8) is 0 Å². The number of rotatable bonds is 6. The number of guanidine groups is 1. The molecule has 7 heteroatoms. The molecule has 0 aromatic carbocycles. The Labute approximate surface area is 143 Å². The first kappa shape index (κ1) is 17.0. The molecular weight excluding hydrogens is 364 g/mol.